The first-order chi connectivity index (χ1) is 16.4. The molecule has 0 aliphatic carbocycles. The summed E-state index contributed by atoms with van der Waals surface area (Å²) in [6.45, 7) is 3.94. The van der Waals surface area contributed by atoms with Crippen molar-refractivity contribution in [3.05, 3.63) is 28.2 Å². The molecule has 2 aliphatic heterocycles. The zero-order valence-electron chi connectivity index (χ0n) is 19.1. The quantitative estimate of drug-likeness (QED) is 0.281. The molecule has 12 nitrogen and oxygen atoms in total. The molecule has 35 heavy (non-hydrogen) atoms. The number of Topliss-reactive ketones (excluding diaryl/α,β-unsaturated/α-hetero) is 1. The van der Waals surface area contributed by atoms with E-state index in [1.165, 1.54) is 12.1 Å². The van der Waals surface area contributed by atoms with Crippen LogP contribution >= 0.6 is 15.9 Å². The lowest BCUT2D eigenvalue weighted by atomic mass is 9.96. The van der Waals surface area contributed by atoms with E-state index in [4.69, 9.17) is 23.7 Å². The van der Waals surface area contributed by atoms with Gasteiger partial charge in [0.2, 0.25) is 0 Å². The predicted octanol–water partition coefficient (Wildman–Crippen LogP) is 1.06. The van der Waals surface area contributed by atoms with Crippen molar-refractivity contribution in [2.75, 3.05) is 11.5 Å². The Morgan fingerprint density at radius 2 is 1.46 bits per heavy atom. The van der Waals surface area contributed by atoms with E-state index in [9.17, 15) is 28.8 Å². The lowest BCUT2D eigenvalue weighted by Gasteiger charge is -2.46. The molecule has 1 fully saturated rings. The first kappa shape index (κ1) is 26.3. The Kier molecular flexibility index (Phi) is 7.90. The number of ketones is 1. The monoisotopic (exact) mass is 555 g/mol. The van der Waals surface area contributed by atoms with Gasteiger partial charge in [0.05, 0.1) is 11.3 Å². The second kappa shape index (κ2) is 10.5. The van der Waals surface area contributed by atoms with Crippen LogP contribution < -0.4 is 4.90 Å². The van der Waals surface area contributed by atoms with Crippen LogP contribution in [-0.4, -0.2) is 72.8 Å². The van der Waals surface area contributed by atoms with E-state index in [0.717, 1.165) is 32.6 Å². The number of anilines is 1. The molecule has 188 valence electrons. The molecule has 13 heteroatoms. The largest absolute Gasteiger partial charge is 0.463 e. The average Bonchev–Trinajstić information content (AvgIpc) is 2.98. The fourth-order valence-electron chi connectivity index (χ4n) is 3.90. The number of carbonyl (C=O) groups is 6. The Morgan fingerprint density at radius 3 is 2.03 bits per heavy atom. The molecule has 1 amide bonds. The number of carbonyl (C=O) groups excluding carboxylic acids is 6. The van der Waals surface area contributed by atoms with Gasteiger partial charge in [-0.05, 0) is 18.2 Å². The summed E-state index contributed by atoms with van der Waals surface area (Å²) >= 11 is 3.25. The summed E-state index contributed by atoms with van der Waals surface area (Å²) < 4.78 is 27.6. The molecule has 0 spiro atoms. The van der Waals surface area contributed by atoms with Gasteiger partial charge in [0.25, 0.3) is 5.78 Å². The Bertz CT molecular complexity index is 1090. The van der Waals surface area contributed by atoms with Crippen LogP contribution in [0.25, 0.3) is 0 Å². The fourth-order valence-corrected chi connectivity index (χ4v) is 4.26. The molecule has 0 N–H and O–H groups in total. The SMILES string of the molecule is CC(=O)OC[C@H]1O[C@@H](N2C(=O)C(=O)c3cc(Br)ccc32)[C@H](OC(C)=O)[C@@H](OC(C)=O)[C@@H]1OC(C)=O. The van der Waals surface area contributed by atoms with Gasteiger partial charge in [-0.15, -0.1) is 0 Å². The molecule has 0 unspecified atom stereocenters. The molecule has 0 saturated carbocycles. The number of nitrogens with zero attached hydrogens (tertiary/aromatic N) is 1. The molecule has 2 aliphatic rings. The van der Waals surface area contributed by atoms with Crippen LogP contribution in [0, 0.1) is 0 Å². The Labute approximate surface area is 207 Å². The highest BCUT2D eigenvalue weighted by molar-refractivity contribution is 9.10. The lowest BCUT2D eigenvalue weighted by molar-refractivity contribution is -0.251. The van der Waals surface area contributed by atoms with Gasteiger partial charge in [0.1, 0.15) is 12.7 Å². The lowest BCUT2D eigenvalue weighted by Crippen LogP contribution is -2.67. The topological polar surface area (TPSA) is 152 Å². The average molecular weight is 556 g/mol. The molecule has 1 saturated heterocycles. The normalized spacial score (nSPS) is 25.5. The Balaban J connectivity index is 2.14. The summed E-state index contributed by atoms with van der Waals surface area (Å²) in [5.74, 6) is -4.93. The van der Waals surface area contributed by atoms with Gasteiger partial charge in [-0.2, -0.15) is 0 Å². The zero-order valence-corrected chi connectivity index (χ0v) is 20.7. The van der Waals surface area contributed by atoms with Crippen LogP contribution in [0.4, 0.5) is 5.69 Å². The van der Waals surface area contributed by atoms with Crippen LogP contribution in [0.2, 0.25) is 0 Å². The molecule has 1 aromatic rings. The summed E-state index contributed by atoms with van der Waals surface area (Å²) in [5.41, 5.74) is 0.223. The van der Waals surface area contributed by atoms with Crippen molar-refractivity contribution in [2.45, 2.75) is 58.3 Å². The number of esters is 4. The second-order valence-corrected chi connectivity index (χ2v) is 8.67. The number of benzene rings is 1. The van der Waals surface area contributed by atoms with Crippen molar-refractivity contribution in [3.63, 3.8) is 0 Å². The van der Waals surface area contributed by atoms with Gasteiger partial charge in [-0.25, -0.2) is 0 Å². The minimum Gasteiger partial charge on any atom is -0.463 e. The summed E-state index contributed by atoms with van der Waals surface area (Å²) in [7, 11) is 0. The van der Waals surface area contributed by atoms with E-state index in [1.807, 2.05) is 0 Å². The molecular formula is C22H22BrNO11. The van der Waals surface area contributed by atoms with Gasteiger partial charge in [-0.3, -0.25) is 33.7 Å². The first-order valence-electron chi connectivity index (χ1n) is 10.4. The highest BCUT2D eigenvalue weighted by atomic mass is 79.9. The number of rotatable bonds is 6. The van der Waals surface area contributed by atoms with Gasteiger partial charge in [0.15, 0.2) is 24.5 Å². The first-order valence-corrected chi connectivity index (χ1v) is 11.2. The molecule has 0 bridgehead atoms. The maximum absolute atomic E-state index is 13.0. The fraction of sp³-hybridized carbons (Fsp3) is 0.455. The number of hydrogen-bond donors (Lipinski definition) is 0. The molecule has 0 aromatic heterocycles. The van der Waals surface area contributed by atoms with Crippen LogP contribution in [0.15, 0.2) is 22.7 Å². The number of amides is 1. The third-order valence-electron chi connectivity index (χ3n) is 5.10. The molecule has 3 rings (SSSR count). The standard InChI is InChI=1S/C22H22BrNO11/c1-9(25)31-8-16-18(32-10(2)26)19(33-11(3)27)20(34-12(4)28)22(35-16)24-15-6-5-13(23)7-14(15)17(29)21(24)30/h5-7,16,18-20,22H,8H2,1-4H3/t16-,18-,19+,20-,22-/m1/s1. The molecule has 5 atom stereocenters. The van der Waals surface area contributed by atoms with Crippen molar-refractivity contribution in [2.24, 2.45) is 0 Å². The van der Waals surface area contributed by atoms with Crippen molar-refractivity contribution < 1.29 is 52.5 Å². The van der Waals surface area contributed by atoms with Crippen LogP contribution in [-0.2, 0) is 47.7 Å². The van der Waals surface area contributed by atoms with Crippen LogP contribution in [0.5, 0.6) is 0 Å². The van der Waals surface area contributed by atoms with Gasteiger partial charge < -0.3 is 23.7 Å². The van der Waals surface area contributed by atoms with Crippen molar-refractivity contribution in [1.82, 2.24) is 0 Å². The molecule has 2 heterocycles. The highest BCUT2D eigenvalue weighted by Gasteiger charge is 2.57. The smallest absolute Gasteiger partial charge is 0.303 e. The number of fused-ring (bicyclic) bond motifs is 1. The van der Waals surface area contributed by atoms with Crippen molar-refractivity contribution in [1.29, 1.82) is 0 Å². The van der Waals surface area contributed by atoms with E-state index < -0.39 is 72.8 Å². The molecular weight excluding hydrogens is 534 g/mol. The Morgan fingerprint density at radius 1 is 0.886 bits per heavy atom. The molecule has 1 aromatic carbocycles. The maximum atomic E-state index is 13.0. The zero-order chi connectivity index (χ0) is 26.0. The van der Waals surface area contributed by atoms with E-state index in [2.05, 4.69) is 15.9 Å². The van der Waals surface area contributed by atoms with Crippen molar-refractivity contribution in [3.8, 4) is 0 Å². The van der Waals surface area contributed by atoms with E-state index in [-0.39, 0.29) is 11.3 Å². The number of ether oxygens (including phenoxy) is 5. The van der Waals surface area contributed by atoms with Crippen LogP contribution in [0.3, 0.4) is 0 Å². The third kappa shape index (κ3) is 5.68. The van der Waals surface area contributed by atoms with Gasteiger partial charge in [-0.1, -0.05) is 15.9 Å². The molecule has 0 radical (unpaired) electrons. The van der Waals surface area contributed by atoms with Gasteiger partial charge >= 0.3 is 29.8 Å². The summed E-state index contributed by atoms with van der Waals surface area (Å²) in [4.78, 5) is 73.9. The second-order valence-electron chi connectivity index (χ2n) is 7.76. The summed E-state index contributed by atoms with van der Waals surface area (Å²) in [6, 6.07) is 4.51. The highest BCUT2D eigenvalue weighted by Crippen LogP contribution is 2.38. The van der Waals surface area contributed by atoms with Gasteiger partial charge in [0, 0.05) is 32.2 Å². The maximum Gasteiger partial charge on any atom is 0.303 e. The van der Waals surface area contributed by atoms with E-state index in [1.54, 1.807) is 6.07 Å². The predicted molar refractivity (Wildman–Crippen MR) is 118 cm³/mol. The summed E-state index contributed by atoms with van der Waals surface area (Å²) in [6.07, 6.45) is -7.13. The Hall–Kier alpha value is -3.32. The van der Waals surface area contributed by atoms with E-state index in [0.29, 0.717) is 4.47 Å². The van der Waals surface area contributed by atoms with Crippen LogP contribution in [0.1, 0.15) is 38.1 Å². The third-order valence-corrected chi connectivity index (χ3v) is 5.59. The number of halogens is 1. The minimum absolute atomic E-state index is 0.0669. The minimum atomic E-state index is -1.51. The van der Waals surface area contributed by atoms with E-state index >= 15 is 0 Å². The summed E-state index contributed by atoms with van der Waals surface area (Å²) in [5, 5.41) is 0. The number of hydrogen-bond acceptors (Lipinski definition) is 11. The van der Waals surface area contributed by atoms with Crippen molar-refractivity contribution >= 4 is 57.2 Å².